The Morgan fingerprint density at radius 3 is 2.65 bits per heavy atom. The van der Waals surface area contributed by atoms with Crippen LogP contribution >= 0.6 is 0 Å². The molecule has 2 N–H and O–H groups in total. The van der Waals surface area contributed by atoms with Gasteiger partial charge in [-0.1, -0.05) is 24.3 Å². The molecule has 3 heteroatoms. The van der Waals surface area contributed by atoms with Crippen molar-refractivity contribution in [1.82, 2.24) is 9.80 Å². The van der Waals surface area contributed by atoms with E-state index in [-0.39, 0.29) is 0 Å². The first kappa shape index (κ1) is 14.1. The minimum atomic E-state index is 0.558. The van der Waals surface area contributed by atoms with Crippen LogP contribution in [0.5, 0.6) is 0 Å². The van der Waals surface area contributed by atoms with Crippen molar-refractivity contribution < 1.29 is 0 Å². The maximum Gasteiger partial charge on any atom is 0.0352 e. The van der Waals surface area contributed by atoms with Gasteiger partial charge in [-0.2, -0.15) is 0 Å². The summed E-state index contributed by atoms with van der Waals surface area (Å²) >= 11 is 0. The van der Waals surface area contributed by atoms with Crippen LogP contribution in [-0.2, 0) is 6.54 Å². The van der Waals surface area contributed by atoms with Gasteiger partial charge in [0.1, 0.15) is 0 Å². The minimum absolute atomic E-state index is 0.558. The smallest absolute Gasteiger partial charge is 0.0352 e. The summed E-state index contributed by atoms with van der Waals surface area (Å²) in [5.74, 6) is 0.657. The fourth-order valence-electron chi connectivity index (χ4n) is 3.82. The SMILES string of the molecule is CN1CC(CN)CC1c1ccccc1CN1CCCC1. The number of hydrogen-bond acceptors (Lipinski definition) is 3. The Labute approximate surface area is 122 Å². The first-order valence-electron chi connectivity index (χ1n) is 7.98. The quantitative estimate of drug-likeness (QED) is 0.913. The van der Waals surface area contributed by atoms with Crippen LogP contribution in [0.15, 0.2) is 24.3 Å². The van der Waals surface area contributed by atoms with Crippen LogP contribution in [0.25, 0.3) is 0 Å². The molecule has 20 heavy (non-hydrogen) atoms. The highest BCUT2D eigenvalue weighted by molar-refractivity contribution is 5.31. The number of rotatable bonds is 4. The molecule has 1 aromatic rings. The molecule has 0 aliphatic carbocycles. The minimum Gasteiger partial charge on any atom is -0.330 e. The van der Waals surface area contributed by atoms with Gasteiger partial charge in [0.2, 0.25) is 0 Å². The molecule has 110 valence electrons. The molecule has 0 spiro atoms. The van der Waals surface area contributed by atoms with Gasteiger partial charge in [0.05, 0.1) is 0 Å². The van der Waals surface area contributed by atoms with Crippen molar-refractivity contribution in [3.8, 4) is 0 Å². The molecule has 2 aliphatic heterocycles. The zero-order chi connectivity index (χ0) is 13.9. The molecule has 0 radical (unpaired) electrons. The predicted octanol–water partition coefficient (Wildman–Crippen LogP) is 2.23. The lowest BCUT2D eigenvalue weighted by atomic mass is 9.95. The largest absolute Gasteiger partial charge is 0.330 e. The third-order valence-corrected chi connectivity index (χ3v) is 4.97. The number of hydrogen-bond donors (Lipinski definition) is 1. The number of nitrogens with two attached hydrogens (primary N) is 1. The highest BCUT2D eigenvalue weighted by atomic mass is 15.2. The van der Waals surface area contributed by atoms with Gasteiger partial charge in [0.25, 0.3) is 0 Å². The Morgan fingerprint density at radius 2 is 1.95 bits per heavy atom. The van der Waals surface area contributed by atoms with E-state index in [1.807, 2.05) is 0 Å². The Bertz CT molecular complexity index is 440. The Hall–Kier alpha value is -0.900. The molecule has 0 bridgehead atoms. The van der Waals surface area contributed by atoms with Gasteiger partial charge in [-0.25, -0.2) is 0 Å². The molecule has 2 unspecified atom stereocenters. The van der Waals surface area contributed by atoms with Gasteiger partial charge in [-0.15, -0.1) is 0 Å². The van der Waals surface area contributed by atoms with E-state index >= 15 is 0 Å². The summed E-state index contributed by atoms with van der Waals surface area (Å²) in [5.41, 5.74) is 8.91. The average Bonchev–Trinajstić information content (AvgIpc) is 3.09. The lowest BCUT2D eigenvalue weighted by Crippen LogP contribution is -2.23. The molecule has 0 aromatic heterocycles. The fraction of sp³-hybridized carbons (Fsp3) is 0.647. The highest BCUT2D eigenvalue weighted by Crippen LogP contribution is 2.35. The van der Waals surface area contributed by atoms with E-state index in [1.54, 1.807) is 0 Å². The van der Waals surface area contributed by atoms with Gasteiger partial charge in [-0.05, 0) is 63.0 Å². The van der Waals surface area contributed by atoms with Crippen molar-refractivity contribution in [2.75, 3.05) is 33.2 Å². The van der Waals surface area contributed by atoms with Crippen molar-refractivity contribution in [2.24, 2.45) is 11.7 Å². The Balaban J connectivity index is 1.78. The molecular formula is C17H27N3. The summed E-state index contributed by atoms with van der Waals surface area (Å²) in [7, 11) is 2.24. The topological polar surface area (TPSA) is 32.5 Å². The molecule has 0 saturated carbocycles. The van der Waals surface area contributed by atoms with Crippen molar-refractivity contribution in [2.45, 2.75) is 31.8 Å². The standard InChI is InChI=1S/C17H27N3/c1-19-12-14(11-18)10-17(19)16-7-3-2-6-15(16)13-20-8-4-5-9-20/h2-3,6-7,14,17H,4-5,8-13,18H2,1H3. The second kappa shape index (κ2) is 6.25. The summed E-state index contributed by atoms with van der Waals surface area (Å²) in [6.07, 6.45) is 3.94. The first-order chi connectivity index (χ1) is 9.78. The zero-order valence-electron chi connectivity index (χ0n) is 12.6. The number of likely N-dealkylation sites (tertiary alicyclic amines) is 2. The average molecular weight is 273 g/mol. The Kier molecular flexibility index (Phi) is 4.39. The van der Waals surface area contributed by atoms with Crippen LogP contribution in [-0.4, -0.2) is 43.0 Å². The summed E-state index contributed by atoms with van der Waals surface area (Å²) in [4.78, 5) is 5.08. The van der Waals surface area contributed by atoms with Crippen LogP contribution in [0.4, 0.5) is 0 Å². The van der Waals surface area contributed by atoms with Crippen LogP contribution in [0.1, 0.15) is 36.4 Å². The molecule has 2 aliphatic rings. The van der Waals surface area contributed by atoms with Gasteiger partial charge in [-0.3, -0.25) is 9.80 Å². The molecule has 2 heterocycles. The lowest BCUT2D eigenvalue weighted by Gasteiger charge is -2.24. The summed E-state index contributed by atoms with van der Waals surface area (Å²) < 4.78 is 0. The predicted molar refractivity (Wildman–Crippen MR) is 83.5 cm³/mol. The second-order valence-electron chi connectivity index (χ2n) is 6.47. The van der Waals surface area contributed by atoms with Crippen molar-refractivity contribution in [1.29, 1.82) is 0 Å². The van der Waals surface area contributed by atoms with E-state index in [2.05, 4.69) is 41.1 Å². The Morgan fingerprint density at radius 1 is 1.20 bits per heavy atom. The fourth-order valence-corrected chi connectivity index (χ4v) is 3.82. The highest BCUT2D eigenvalue weighted by Gasteiger charge is 2.31. The maximum absolute atomic E-state index is 5.87. The number of nitrogens with zero attached hydrogens (tertiary/aromatic N) is 2. The number of benzene rings is 1. The van der Waals surface area contributed by atoms with E-state index in [1.165, 1.54) is 43.5 Å². The van der Waals surface area contributed by atoms with Crippen molar-refractivity contribution >= 4 is 0 Å². The second-order valence-corrected chi connectivity index (χ2v) is 6.47. The zero-order valence-corrected chi connectivity index (χ0v) is 12.6. The molecule has 0 amide bonds. The van der Waals surface area contributed by atoms with Crippen molar-refractivity contribution in [3.63, 3.8) is 0 Å². The van der Waals surface area contributed by atoms with Gasteiger partial charge in [0, 0.05) is 19.1 Å². The maximum atomic E-state index is 5.87. The van der Waals surface area contributed by atoms with E-state index in [4.69, 9.17) is 5.73 Å². The summed E-state index contributed by atoms with van der Waals surface area (Å²) in [6.45, 7) is 5.60. The molecule has 2 fully saturated rings. The summed E-state index contributed by atoms with van der Waals surface area (Å²) in [5, 5.41) is 0. The monoisotopic (exact) mass is 273 g/mol. The normalized spacial score (nSPS) is 28.3. The third kappa shape index (κ3) is 2.90. The van der Waals surface area contributed by atoms with Crippen LogP contribution in [0, 0.1) is 5.92 Å². The van der Waals surface area contributed by atoms with E-state index in [0.29, 0.717) is 12.0 Å². The van der Waals surface area contributed by atoms with Crippen molar-refractivity contribution in [3.05, 3.63) is 35.4 Å². The first-order valence-corrected chi connectivity index (χ1v) is 7.98. The molecule has 1 aromatic carbocycles. The molecule has 2 saturated heterocycles. The van der Waals surface area contributed by atoms with E-state index in [0.717, 1.165) is 19.6 Å². The van der Waals surface area contributed by atoms with Gasteiger partial charge >= 0.3 is 0 Å². The van der Waals surface area contributed by atoms with E-state index in [9.17, 15) is 0 Å². The van der Waals surface area contributed by atoms with Crippen LogP contribution in [0.3, 0.4) is 0 Å². The molecule has 2 atom stereocenters. The van der Waals surface area contributed by atoms with Crippen LogP contribution < -0.4 is 5.73 Å². The molecular weight excluding hydrogens is 246 g/mol. The third-order valence-electron chi connectivity index (χ3n) is 4.97. The molecule has 3 nitrogen and oxygen atoms in total. The lowest BCUT2D eigenvalue weighted by molar-refractivity contribution is 0.301. The summed E-state index contributed by atoms with van der Waals surface area (Å²) in [6, 6.07) is 9.57. The van der Waals surface area contributed by atoms with E-state index < -0.39 is 0 Å². The molecule has 3 rings (SSSR count). The van der Waals surface area contributed by atoms with Gasteiger partial charge < -0.3 is 5.73 Å². The van der Waals surface area contributed by atoms with Gasteiger partial charge in [0.15, 0.2) is 0 Å². The van der Waals surface area contributed by atoms with Crippen LogP contribution in [0.2, 0.25) is 0 Å².